The molecule has 0 saturated heterocycles. The molecule has 10 fully saturated rings. The van der Waals surface area contributed by atoms with Crippen molar-refractivity contribution in [3.63, 3.8) is 0 Å². The summed E-state index contributed by atoms with van der Waals surface area (Å²) in [6.07, 6.45) is 15.8. The highest BCUT2D eigenvalue weighted by Gasteiger charge is 2.82. The van der Waals surface area contributed by atoms with Gasteiger partial charge in [-0.15, -0.1) is 13.2 Å². The van der Waals surface area contributed by atoms with Gasteiger partial charge in [0.05, 0.1) is 0 Å². The Balaban J connectivity index is 1.54. The zero-order valence-corrected chi connectivity index (χ0v) is 13.6. The minimum Gasteiger partial charge on any atom is -0.103 e. The van der Waals surface area contributed by atoms with Crippen molar-refractivity contribution in [2.75, 3.05) is 0 Å². The molecule has 10 aliphatic rings. The summed E-state index contributed by atoms with van der Waals surface area (Å²) in [5.74, 6) is 8.52. The molecule has 0 aromatic rings. The molecule has 11 bridgehead atoms. The average molecular weight is 292 g/mol. The molecule has 1 spiro atoms. The molecule has 0 aliphatic heterocycles. The third-order valence-electron chi connectivity index (χ3n) is 10.8. The lowest BCUT2D eigenvalue weighted by atomic mass is 9.18. The van der Waals surface area contributed by atoms with Crippen LogP contribution in [0.2, 0.25) is 0 Å². The Morgan fingerprint density at radius 1 is 0.773 bits per heavy atom. The second-order valence-corrected chi connectivity index (χ2v) is 10.7. The SMILES string of the molecule is C=CC12CC3C4CC5(C=C)C6CC7CC5C(C4C1)C(C7)(C2)C36. The van der Waals surface area contributed by atoms with Gasteiger partial charge in [0.1, 0.15) is 0 Å². The zero-order valence-electron chi connectivity index (χ0n) is 13.6. The number of hydrogen-bond donors (Lipinski definition) is 0. The summed E-state index contributed by atoms with van der Waals surface area (Å²) in [5.41, 5.74) is 1.90. The Morgan fingerprint density at radius 2 is 1.45 bits per heavy atom. The van der Waals surface area contributed by atoms with E-state index < -0.39 is 0 Å². The molecule has 0 N–H and O–H groups in total. The Morgan fingerprint density at radius 3 is 2.05 bits per heavy atom. The van der Waals surface area contributed by atoms with Gasteiger partial charge in [-0.3, -0.25) is 0 Å². The third kappa shape index (κ3) is 0.869. The topological polar surface area (TPSA) is 0 Å². The second kappa shape index (κ2) is 3.05. The lowest BCUT2D eigenvalue weighted by Gasteiger charge is -2.87. The molecular weight excluding hydrogens is 264 g/mol. The summed E-state index contributed by atoms with van der Waals surface area (Å²) in [4.78, 5) is 0. The van der Waals surface area contributed by atoms with Crippen molar-refractivity contribution < 1.29 is 0 Å². The van der Waals surface area contributed by atoms with Crippen molar-refractivity contribution in [1.82, 2.24) is 0 Å². The number of rotatable bonds is 2. The molecule has 10 rings (SSSR count). The van der Waals surface area contributed by atoms with E-state index in [0.717, 1.165) is 52.8 Å². The highest BCUT2D eigenvalue weighted by atomic mass is 14.9. The van der Waals surface area contributed by atoms with E-state index in [4.69, 9.17) is 0 Å². The standard InChI is InChI=1S/C22H28/c1-3-20-8-14-13-10-21(4-2)16-5-12-6-17(21)19(15(13)9-20)22(7-12,11-20)18(14)16/h3-4,12-19H,1-2,5-11H2. The van der Waals surface area contributed by atoms with Gasteiger partial charge in [-0.1, -0.05) is 12.2 Å². The van der Waals surface area contributed by atoms with Gasteiger partial charge in [0.2, 0.25) is 0 Å². The van der Waals surface area contributed by atoms with Gasteiger partial charge in [-0.05, 0) is 109 Å². The van der Waals surface area contributed by atoms with Gasteiger partial charge in [0, 0.05) is 0 Å². The molecule has 0 radical (unpaired) electrons. The molecule has 0 nitrogen and oxygen atoms in total. The Labute approximate surface area is 134 Å². The first-order chi connectivity index (χ1) is 10.7. The maximum Gasteiger partial charge on any atom is -0.00555 e. The Kier molecular flexibility index (Phi) is 1.65. The van der Waals surface area contributed by atoms with E-state index in [1.54, 1.807) is 19.3 Å². The van der Waals surface area contributed by atoms with Crippen LogP contribution in [-0.2, 0) is 0 Å². The van der Waals surface area contributed by atoms with E-state index in [2.05, 4.69) is 25.3 Å². The minimum absolute atomic E-state index is 0.554. The Bertz CT molecular complexity index is 594. The van der Waals surface area contributed by atoms with Gasteiger partial charge in [0.15, 0.2) is 0 Å². The van der Waals surface area contributed by atoms with Crippen LogP contribution in [-0.4, -0.2) is 0 Å². The molecule has 6 unspecified atom stereocenters. The summed E-state index contributed by atoms with van der Waals surface area (Å²) in [6, 6.07) is 0. The Hall–Kier alpha value is -0.520. The summed E-state index contributed by atoms with van der Waals surface area (Å²) >= 11 is 0. The first-order valence-corrected chi connectivity index (χ1v) is 9.94. The molecule has 0 aromatic carbocycles. The van der Waals surface area contributed by atoms with Crippen molar-refractivity contribution in [2.24, 2.45) is 63.6 Å². The molecule has 6 atom stereocenters. The van der Waals surface area contributed by atoms with Gasteiger partial charge in [0.25, 0.3) is 0 Å². The highest BCUT2D eigenvalue weighted by molar-refractivity contribution is 5.34. The fourth-order valence-electron chi connectivity index (χ4n) is 11.1. The van der Waals surface area contributed by atoms with Crippen LogP contribution in [0.5, 0.6) is 0 Å². The molecule has 0 amide bonds. The number of allylic oxidation sites excluding steroid dienone is 2. The zero-order chi connectivity index (χ0) is 14.5. The first-order valence-electron chi connectivity index (χ1n) is 9.94. The van der Waals surface area contributed by atoms with Gasteiger partial charge >= 0.3 is 0 Å². The van der Waals surface area contributed by atoms with E-state index in [1.807, 2.05) is 0 Å². The fraction of sp³-hybridized carbons (Fsp3) is 0.818. The third-order valence-corrected chi connectivity index (χ3v) is 10.8. The summed E-state index contributed by atoms with van der Waals surface area (Å²) in [7, 11) is 0. The molecule has 22 heavy (non-hydrogen) atoms. The van der Waals surface area contributed by atoms with Crippen LogP contribution >= 0.6 is 0 Å². The van der Waals surface area contributed by atoms with Crippen molar-refractivity contribution in [1.29, 1.82) is 0 Å². The highest BCUT2D eigenvalue weighted by Crippen LogP contribution is 2.89. The summed E-state index contributed by atoms with van der Waals surface area (Å²) in [5, 5.41) is 0. The predicted octanol–water partition coefficient (Wildman–Crippen LogP) is 5.07. The van der Waals surface area contributed by atoms with Crippen LogP contribution < -0.4 is 0 Å². The van der Waals surface area contributed by atoms with Gasteiger partial charge < -0.3 is 0 Å². The summed E-state index contributed by atoms with van der Waals surface area (Å²) < 4.78 is 0. The van der Waals surface area contributed by atoms with Crippen LogP contribution in [0, 0.1) is 63.6 Å². The van der Waals surface area contributed by atoms with Crippen molar-refractivity contribution >= 4 is 0 Å². The lowest BCUT2D eigenvalue weighted by molar-refractivity contribution is -0.375. The van der Waals surface area contributed by atoms with Crippen LogP contribution in [0.3, 0.4) is 0 Å². The van der Waals surface area contributed by atoms with E-state index in [0.29, 0.717) is 10.8 Å². The first kappa shape index (κ1) is 11.9. The normalized spacial score (nSPS) is 74.0. The minimum atomic E-state index is 0.554. The maximum absolute atomic E-state index is 4.42. The molecule has 0 heterocycles. The van der Waals surface area contributed by atoms with Gasteiger partial charge in [-0.25, -0.2) is 0 Å². The second-order valence-electron chi connectivity index (χ2n) is 10.7. The molecule has 10 saturated carbocycles. The van der Waals surface area contributed by atoms with Crippen LogP contribution in [0.1, 0.15) is 44.9 Å². The smallest absolute Gasteiger partial charge is 0.00555 e. The van der Waals surface area contributed by atoms with E-state index in [9.17, 15) is 0 Å². The maximum atomic E-state index is 4.42. The molecule has 0 aromatic heterocycles. The monoisotopic (exact) mass is 292 g/mol. The summed E-state index contributed by atoms with van der Waals surface area (Å²) in [6.45, 7) is 8.74. The van der Waals surface area contributed by atoms with E-state index >= 15 is 0 Å². The molecule has 116 valence electrons. The van der Waals surface area contributed by atoms with Crippen LogP contribution in [0.4, 0.5) is 0 Å². The fourth-order valence-corrected chi connectivity index (χ4v) is 11.1. The van der Waals surface area contributed by atoms with Gasteiger partial charge in [-0.2, -0.15) is 0 Å². The number of hydrogen-bond acceptors (Lipinski definition) is 0. The van der Waals surface area contributed by atoms with Crippen molar-refractivity contribution in [3.8, 4) is 0 Å². The largest absolute Gasteiger partial charge is 0.103 e. The van der Waals surface area contributed by atoms with E-state index in [1.165, 1.54) is 25.7 Å². The van der Waals surface area contributed by atoms with Crippen LogP contribution in [0.25, 0.3) is 0 Å². The predicted molar refractivity (Wildman–Crippen MR) is 87.9 cm³/mol. The lowest BCUT2D eigenvalue weighted by Crippen LogP contribution is -2.80. The quantitative estimate of drug-likeness (QED) is 0.623. The average Bonchev–Trinajstić information content (AvgIpc) is 2.53. The molecular formula is C22H28. The van der Waals surface area contributed by atoms with E-state index in [-0.39, 0.29) is 0 Å². The van der Waals surface area contributed by atoms with Crippen molar-refractivity contribution in [3.05, 3.63) is 25.3 Å². The molecule has 10 aliphatic carbocycles. The van der Waals surface area contributed by atoms with Crippen LogP contribution in [0.15, 0.2) is 25.3 Å². The van der Waals surface area contributed by atoms with Crippen molar-refractivity contribution in [2.45, 2.75) is 44.9 Å². The molecule has 0 heteroatoms.